The van der Waals surface area contributed by atoms with Crippen LogP contribution in [0.4, 0.5) is 0 Å². The second kappa shape index (κ2) is 8.39. The van der Waals surface area contributed by atoms with E-state index in [9.17, 15) is 0 Å². The summed E-state index contributed by atoms with van der Waals surface area (Å²) in [7, 11) is -0.0261. The van der Waals surface area contributed by atoms with Gasteiger partial charge in [0.2, 0.25) is 0 Å². The van der Waals surface area contributed by atoms with Gasteiger partial charge in [-0.05, 0) is 36.8 Å². The summed E-state index contributed by atoms with van der Waals surface area (Å²) in [6, 6.07) is 30.5. The molecule has 0 atom stereocenters. The quantitative estimate of drug-likeness (QED) is 0.451. The van der Waals surface area contributed by atoms with Crippen molar-refractivity contribution in [3.05, 3.63) is 90.5 Å². The minimum atomic E-state index is -0.0261. The minimum absolute atomic E-state index is 0. The topological polar surface area (TPSA) is 0 Å². The first-order valence-corrected chi connectivity index (χ1v) is 8.55. The molecular weight excluding hydrogens is 399 g/mol. The van der Waals surface area contributed by atoms with E-state index in [4.69, 9.17) is 0 Å². The van der Waals surface area contributed by atoms with Crippen molar-refractivity contribution >= 4 is 10.9 Å². The van der Waals surface area contributed by atoms with Crippen molar-refractivity contribution in [2.75, 3.05) is 0 Å². The lowest BCUT2D eigenvalue weighted by atomic mass is 10.2. The van der Waals surface area contributed by atoms with Gasteiger partial charge in [-0.25, -0.2) is 0 Å². The molecule has 0 saturated heterocycles. The summed E-state index contributed by atoms with van der Waals surface area (Å²) in [4.78, 5) is 4.20. The summed E-state index contributed by atoms with van der Waals surface area (Å²) in [6.07, 6.45) is 1.07. The molecule has 0 aliphatic rings. The number of aryl methyl sites for hydroxylation is 1. The summed E-state index contributed by atoms with van der Waals surface area (Å²) >= 11 is 0. The van der Waals surface area contributed by atoms with Crippen LogP contribution in [-0.2, 0) is 17.3 Å². The fraction of sp³-hybridized carbons (Fsp3) is 0.100. The maximum absolute atomic E-state index is 2.28. The third-order valence-corrected chi connectivity index (χ3v) is 5.86. The van der Waals surface area contributed by atoms with Crippen molar-refractivity contribution in [2.45, 2.75) is 28.0 Å². The van der Waals surface area contributed by atoms with Gasteiger partial charge in [0, 0.05) is 5.56 Å². The van der Waals surface area contributed by atoms with Crippen molar-refractivity contribution < 1.29 is 24.0 Å². The van der Waals surface area contributed by atoms with Crippen LogP contribution < -0.4 is 24.0 Å². The summed E-state index contributed by atoms with van der Waals surface area (Å²) in [5, 5.41) is 0. The summed E-state index contributed by atoms with van der Waals surface area (Å²) in [5.41, 5.74) is 1.44. The van der Waals surface area contributed by atoms with E-state index in [1.54, 1.807) is 0 Å². The molecule has 0 nitrogen and oxygen atoms in total. The van der Waals surface area contributed by atoms with Gasteiger partial charge in [-0.2, -0.15) is 0 Å². The van der Waals surface area contributed by atoms with Crippen molar-refractivity contribution in [1.82, 2.24) is 0 Å². The Bertz CT molecular complexity index is 656. The smallest absolute Gasteiger partial charge is 0.169 e. The molecule has 22 heavy (non-hydrogen) atoms. The zero-order chi connectivity index (χ0) is 14.5. The van der Waals surface area contributed by atoms with Gasteiger partial charge in [-0.1, -0.05) is 61.5 Å². The highest BCUT2D eigenvalue weighted by atomic mass is 127. The summed E-state index contributed by atoms with van der Waals surface area (Å²) in [6.45, 7) is 2.23. The number of rotatable bonds is 4. The average molecular weight is 418 g/mol. The average Bonchev–Trinajstić information content (AvgIpc) is 2.58. The first-order valence-electron chi connectivity index (χ1n) is 7.32. The Morgan fingerprint density at radius 1 is 0.636 bits per heavy atom. The maximum atomic E-state index is 2.28. The van der Waals surface area contributed by atoms with Gasteiger partial charge >= 0.3 is 0 Å². The molecule has 0 bridgehead atoms. The Balaban J connectivity index is 0.00000176. The summed E-state index contributed by atoms with van der Waals surface area (Å²) < 4.78 is 0. The number of hydrogen-bond donors (Lipinski definition) is 0. The molecule has 3 rings (SSSR count). The van der Waals surface area contributed by atoms with Crippen LogP contribution >= 0.6 is 0 Å². The largest absolute Gasteiger partial charge is 1.00 e. The van der Waals surface area contributed by atoms with Crippen LogP contribution in [0.5, 0.6) is 0 Å². The molecule has 0 unspecified atom stereocenters. The normalized spacial score (nSPS) is 10.3. The third-order valence-electron chi connectivity index (χ3n) is 3.53. The molecule has 3 aromatic carbocycles. The molecular formula is C20H19IS. The number of benzene rings is 3. The standard InChI is InChI=1S/C20H19S.HI/c1-2-17-11-9-10-16-20(17)21(18-12-5-3-6-13-18)19-14-7-4-8-15-19;/h3-16H,2H2,1H3;1H/q+1;/p-1. The molecule has 2 heteroatoms. The number of halogens is 1. The third kappa shape index (κ3) is 3.73. The molecule has 0 radical (unpaired) electrons. The van der Waals surface area contributed by atoms with Gasteiger partial charge in [-0.3, -0.25) is 0 Å². The molecule has 0 aliphatic carbocycles. The van der Waals surface area contributed by atoms with Gasteiger partial charge < -0.3 is 24.0 Å². The Labute approximate surface area is 153 Å². The fourth-order valence-electron chi connectivity index (χ4n) is 2.50. The van der Waals surface area contributed by atoms with E-state index in [0.717, 1.165) is 6.42 Å². The van der Waals surface area contributed by atoms with Crippen LogP contribution in [0.2, 0.25) is 0 Å². The molecule has 0 heterocycles. The Kier molecular flexibility index (Phi) is 6.52. The SMILES string of the molecule is CCc1ccccc1[S+](c1ccccc1)c1ccccc1.[I-]. The summed E-state index contributed by atoms with van der Waals surface area (Å²) in [5.74, 6) is 0. The van der Waals surface area contributed by atoms with Crippen molar-refractivity contribution in [3.8, 4) is 0 Å². The minimum Gasteiger partial charge on any atom is -1.00 e. The van der Waals surface area contributed by atoms with Crippen LogP contribution in [0.1, 0.15) is 12.5 Å². The highest BCUT2D eigenvalue weighted by Crippen LogP contribution is 2.33. The second-order valence-electron chi connectivity index (χ2n) is 4.89. The Morgan fingerprint density at radius 2 is 1.09 bits per heavy atom. The van der Waals surface area contributed by atoms with E-state index in [2.05, 4.69) is 91.9 Å². The van der Waals surface area contributed by atoms with Crippen molar-refractivity contribution in [2.24, 2.45) is 0 Å². The Morgan fingerprint density at radius 3 is 1.59 bits per heavy atom. The molecule has 0 aromatic heterocycles. The monoisotopic (exact) mass is 418 g/mol. The van der Waals surface area contributed by atoms with E-state index in [1.807, 2.05) is 0 Å². The molecule has 0 spiro atoms. The van der Waals surface area contributed by atoms with Gasteiger partial charge in [0.05, 0.1) is 10.9 Å². The Hall–Kier alpha value is -1.26. The predicted octanol–water partition coefficient (Wildman–Crippen LogP) is 2.35. The van der Waals surface area contributed by atoms with Gasteiger partial charge in [0.1, 0.15) is 0 Å². The first-order chi connectivity index (χ1) is 10.4. The molecule has 3 aromatic rings. The van der Waals surface area contributed by atoms with Gasteiger partial charge in [0.25, 0.3) is 0 Å². The fourth-order valence-corrected chi connectivity index (χ4v) is 4.83. The van der Waals surface area contributed by atoms with E-state index in [0.29, 0.717) is 0 Å². The molecule has 0 saturated carbocycles. The molecule has 0 aliphatic heterocycles. The lowest BCUT2D eigenvalue weighted by Crippen LogP contribution is -3.00. The predicted molar refractivity (Wildman–Crippen MR) is 90.9 cm³/mol. The van der Waals surface area contributed by atoms with Gasteiger partial charge in [0.15, 0.2) is 14.7 Å². The zero-order valence-corrected chi connectivity index (χ0v) is 15.6. The van der Waals surface area contributed by atoms with Gasteiger partial charge in [-0.15, -0.1) is 0 Å². The van der Waals surface area contributed by atoms with Crippen LogP contribution in [0.15, 0.2) is 99.6 Å². The van der Waals surface area contributed by atoms with E-state index in [1.165, 1.54) is 20.2 Å². The van der Waals surface area contributed by atoms with Crippen LogP contribution in [0.3, 0.4) is 0 Å². The van der Waals surface area contributed by atoms with E-state index in [-0.39, 0.29) is 34.9 Å². The van der Waals surface area contributed by atoms with Crippen LogP contribution in [-0.4, -0.2) is 0 Å². The van der Waals surface area contributed by atoms with Crippen LogP contribution in [0, 0.1) is 0 Å². The number of hydrogen-bond acceptors (Lipinski definition) is 0. The highest BCUT2D eigenvalue weighted by Gasteiger charge is 2.29. The highest BCUT2D eigenvalue weighted by molar-refractivity contribution is 7.97. The molecule has 112 valence electrons. The lowest BCUT2D eigenvalue weighted by molar-refractivity contribution is -0.00000421. The van der Waals surface area contributed by atoms with Crippen molar-refractivity contribution in [1.29, 1.82) is 0 Å². The first kappa shape index (κ1) is 17.1. The molecule has 0 N–H and O–H groups in total. The zero-order valence-electron chi connectivity index (χ0n) is 12.6. The van der Waals surface area contributed by atoms with E-state index < -0.39 is 0 Å². The second-order valence-corrected chi connectivity index (χ2v) is 6.89. The molecule has 0 fully saturated rings. The van der Waals surface area contributed by atoms with Crippen molar-refractivity contribution in [3.63, 3.8) is 0 Å². The van der Waals surface area contributed by atoms with Crippen LogP contribution in [0.25, 0.3) is 0 Å². The lowest BCUT2D eigenvalue weighted by Gasteiger charge is -2.10. The maximum Gasteiger partial charge on any atom is 0.169 e. The molecule has 0 amide bonds. The van der Waals surface area contributed by atoms with E-state index >= 15 is 0 Å².